The summed E-state index contributed by atoms with van der Waals surface area (Å²) in [4.78, 5) is 65.6. The molecule has 1 fully saturated rings. The molecule has 1 unspecified atom stereocenters. The fourth-order valence-corrected chi connectivity index (χ4v) is 5.39. The van der Waals surface area contributed by atoms with E-state index in [1.165, 1.54) is 18.2 Å². The Morgan fingerprint density at radius 2 is 1.60 bits per heavy atom. The average Bonchev–Trinajstić information content (AvgIpc) is 3.22. The molecule has 0 radical (unpaired) electrons. The second-order valence-corrected chi connectivity index (χ2v) is 11.3. The second-order valence-electron chi connectivity index (χ2n) is 10.4. The van der Waals surface area contributed by atoms with E-state index in [9.17, 15) is 24.0 Å². The lowest BCUT2D eigenvalue weighted by atomic mass is 10.0. The van der Waals surface area contributed by atoms with Crippen LogP contribution in [-0.2, 0) is 29.1 Å². The van der Waals surface area contributed by atoms with E-state index in [2.05, 4.69) is 15.5 Å². The number of nitrogens with zero attached hydrogens (tertiary/aromatic N) is 2. The average molecular weight is 607 g/mol. The van der Waals surface area contributed by atoms with E-state index < -0.39 is 35.6 Å². The van der Waals surface area contributed by atoms with Crippen molar-refractivity contribution in [3.63, 3.8) is 0 Å². The van der Waals surface area contributed by atoms with Crippen molar-refractivity contribution in [2.24, 2.45) is 0 Å². The molecule has 216 valence electrons. The molecule has 3 aromatic carbocycles. The summed E-state index contributed by atoms with van der Waals surface area (Å²) >= 11 is 12.1. The Morgan fingerprint density at radius 1 is 0.905 bits per heavy atom. The predicted octanol–water partition coefficient (Wildman–Crippen LogP) is 4.00. The topological polar surface area (TPSA) is 116 Å². The molecule has 1 saturated heterocycles. The summed E-state index contributed by atoms with van der Waals surface area (Å²) in [6.07, 6.45) is 0.946. The minimum atomic E-state index is -1.06. The van der Waals surface area contributed by atoms with Crippen molar-refractivity contribution < 1.29 is 24.0 Å². The van der Waals surface area contributed by atoms with Gasteiger partial charge in [0.15, 0.2) is 0 Å². The number of likely N-dealkylation sites (N-methyl/N-ethyl adjacent to an activating group) is 1. The molecule has 0 aromatic heterocycles. The summed E-state index contributed by atoms with van der Waals surface area (Å²) in [5, 5.41) is 6.11. The van der Waals surface area contributed by atoms with Crippen LogP contribution in [0.1, 0.15) is 60.6 Å². The molecule has 0 aliphatic carbocycles. The monoisotopic (exact) mass is 606 g/mol. The number of nitrogens with one attached hydrogen (secondary N) is 2. The van der Waals surface area contributed by atoms with Crippen LogP contribution in [0.2, 0.25) is 10.0 Å². The van der Waals surface area contributed by atoms with Crippen molar-refractivity contribution in [3.05, 3.63) is 104 Å². The van der Waals surface area contributed by atoms with Crippen molar-refractivity contribution in [3.8, 4) is 0 Å². The molecule has 42 heavy (non-hydrogen) atoms. The number of imide groups is 2. The molecule has 1 atom stereocenters. The van der Waals surface area contributed by atoms with Crippen LogP contribution in [0.25, 0.3) is 0 Å². The Bertz CT molecular complexity index is 1590. The van der Waals surface area contributed by atoms with E-state index in [1.54, 1.807) is 6.07 Å². The van der Waals surface area contributed by atoms with Crippen molar-refractivity contribution in [1.82, 2.24) is 20.4 Å². The number of hydrogen-bond donors (Lipinski definition) is 2. The molecule has 5 amide bonds. The molecule has 2 N–H and O–H groups in total. The smallest absolute Gasteiger partial charge is 0.262 e. The minimum Gasteiger partial charge on any atom is -0.348 e. The number of rotatable bonds is 9. The molecule has 5 rings (SSSR count). The first-order valence-electron chi connectivity index (χ1n) is 13.4. The van der Waals surface area contributed by atoms with Crippen LogP contribution < -0.4 is 10.6 Å². The van der Waals surface area contributed by atoms with E-state index >= 15 is 0 Å². The third-order valence-electron chi connectivity index (χ3n) is 7.40. The van der Waals surface area contributed by atoms with Gasteiger partial charge in [-0.05, 0) is 66.9 Å². The lowest BCUT2D eigenvalue weighted by Crippen LogP contribution is -2.54. The van der Waals surface area contributed by atoms with E-state index in [0.717, 1.165) is 41.1 Å². The molecular weight excluding hydrogens is 579 g/mol. The van der Waals surface area contributed by atoms with E-state index in [-0.39, 0.29) is 36.1 Å². The Kier molecular flexibility index (Phi) is 8.72. The minimum absolute atomic E-state index is 0.0369. The van der Waals surface area contributed by atoms with Crippen molar-refractivity contribution in [2.75, 3.05) is 13.6 Å². The van der Waals surface area contributed by atoms with Gasteiger partial charge in [-0.25, -0.2) is 0 Å². The summed E-state index contributed by atoms with van der Waals surface area (Å²) in [6, 6.07) is 16.8. The fourth-order valence-electron chi connectivity index (χ4n) is 5.07. The highest BCUT2D eigenvalue weighted by Crippen LogP contribution is 2.28. The Labute approximate surface area is 252 Å². The summed E-state index contributed by atoms with van der Waals surface area (Å²) in [5.74, 6) is -2.79. The van der Waals surface area contributed by atoms with Crippen molar-refractivity contribution in [2.45, 2.75) is 38.4 Å². The largest absolute Gasteiger partial charge is 0.348 e. The number of hydrogen-bond acceptors (Lipinski definition) is 6. The van der Waals surface area contributed by atoms with Gasteiger partial charge in [-0.3, -0.25) is 34.2 Å². The van der Waals surface area contributed by atoms with Crippen molar-refractivity contribution in [1.29, 1.82) is 0 Å². The lowest BCUT2D eigenvalue weighted by molar-refractivity contribution is -0.136. The molecule has 9 nitrogen and oxygen atoms in total. The van der Waals surface area contributed by atoms with Gasteiger partial charge in [-0.15, -0.1) is 0 Å². The number of carbonyl (C=O) groups is 5. The fraction of sp³-hybridized carbons (Fsp3) is 0.258. The van der Waals surface area contributed by atoms with Gasteiger partial charge in [0.2, 0.25) is 11.8 Å². The number of fused-ring (bicyclic) bond motifs is 1. The van der Waals surface area contributed by atoms with Gasteiger partial charge in [0.1, 0.15) is 6.04 Å². The maximum absolute atomic E-state index is 13.0. The SMILES string of the molecule is CN(CCc1ccc(Cl)c(Cl)c1)Cc1ccc(CNC(=O)c2ccc3c(c2)C(=O)N(C2CCC(=O)NC2=O)C3=O)cc1. The van der Waals surface area contributed by atoms with E-state index in [4.69, 9.17) is 23.2 Å². The van der Waals surface area contributed by atoms with Gasteiger partial charge in [0, 0.05) is 31.6 Å². The maximum Gasteiger partial charge on any atom is 0.262 e. The highest BCUT2D eigenvalue weighted by molar-refractivity contribution is 6.42. The highest BCUT2D eigenvalue weighted by Gasteiger charge is 2.44. The summed E-state index contributed by atoms with van der Waals surface area (Å²) in [5.41, 5.74) is 3.56. The van der Waals surface area contributed by atoms with E-state index in [0.29, 0.717) is 10.0 Å². The van der Waals surface area contributed by atoms with Gasteiger partial charge in [-0.1, -0.05) is 53.5 Å². The summed E-state index contributed by atoms with van der Waals surface area (Å²) < 4.78 is 0. The number of piperidine rings is 1. The molecular formula is C31H28Cl2N4O5. The highest BCUT2D eigenvalue weighted by atomic mass is 35.5. The van der Waals surface area contributed by atoms with Crippen LogP contribution in [0.3, 0.4) is 0 Å². The Hall–Kier alpha value is -4.05. The zero-order valence-corrected chi connectivity index (χ0v) is 24.3. The molecule has 0 saturated carbocycles. The normalized spacial score (nSPS) is 16.6. The van der Waals surface area contributed by atoms with Crippen molar-refractivity contribution >= 4 is 52.7 Å². The first kappa shape index (κ1) is 29.4. The Balaban J connectivity index is 1.14. The van der Waals surface area contributed by atoms with Crippen LogP contribution in [0.5, 0.6) is 0 Å². The molecule has 0 bridgehead atoms. The molecule has 2 aliphatic heterocycles. The zero-order chi connectivity index (χ0) is 30.0. The Morgan fingerprint density at radius 3 is 2.31 bits per heavy atom. The van der Waals surface area contributed by atoms with Crippen LogP contribution in [0, 0.1) is 0 Å². The van der Waals surface area contributed by atoms with Crippen LogP contribution in [0.4, 0.5) is 0 Å². The first-order chi connectivity index (χ1) is 20.1. The molecule has 3 aromatic rings. The number of halogens is 2. The van der Waals surface area contributed by atoms with Gasteiger partial charge >= 0.3 is 0 Å². The van der Waals surface area contributed by atoms with Crippen LogP contribution in [-0.4, -0.2) is 59.0 Å². The molecule has 11 heteroatoms. The zero-order valence-electron chi connectivity index (χ0n) is 22.8. The van der Waals surface area contributed by atoms with Gasteiger partial charge in [0.05, 0.1) is 21.2 Å². The van der Waals surface area contributed by atoms with Gasteiger partial charge in [0.25, 0.3) is 17.7 Å². The predicted molar refractivity (Wildman–Crippen MR) is 157 cm³/mol. The summed E-state index contributed by atoms with van der Waals surface area (Å²) in [6.45, 7) is 1.88. The van der Waals surface area contributed by atoms with Gasteiger partial charge in [-0.2, -0.15) is 0 Å². The third-order valence-corrected chi connectivity index (χ3v) is 8.14. The summed E-state index contributed by atoms with van der Waals surface area (Å²) in [7, 11) is 2.05. The second kappa shape index (κ2) is 12.4. The van der Waals surface area contributed by atoms with Crippen LogP contribution >= 0.6 is 23.2 Å². The maximum atomic E-state index is 13.0. The van der Waals surface area contributed by atoms with Gasteiger partial charge < -0.3 is 10.2 Å². The number of benzene rings is 3. The third kappa shape index (κ3) is 6.38. The molecule has 2 aliphatic rings. The molecule has 0 spiro atoms. The first-order valence-corrected chi connectivity index (χ1v) is 14.2. The van der Waals surface area contributed by atoms with E-state index in [1.807, 2.05) is 43.4 Å². The molecule has 2 heterocycles. The standard InChI is InChI=1S/C31H28Cl2N4O5/c1-36(13-12-18-6-9-24(32)25(33)14-18)17-20-4-2-19(3-5-20)16-34-28(39)21-7-8-22-23(15-21)31(42)37(30(22)41)26-10-11-27(38)35-29(26)40/h2-9,14-15,26H,10-13,16-17H2,1H3,(H,34,39)(H,35,38,40). The lowest BCUT2D eigenvalue weighted by Gasteiger charge is -2.27. The number of carbonyl (C=O) groups excluding carboxylic acids is 5. The van der Waals surface area contributed by atoms with Crippen LogP contribution in [0.15, 0.2) is 60.7 Å². The number of amides is 5. The quantitative estimate of drug-likeness (QED) is 0.356.